The van der Waals surface area contributed by atoms with Gasteiger partial charge in [-0.15, -0.1) is 0 Å². The number of anilines is 1. The Kier molecular flexibility index (Phi) is 8.48. The molecule has 0 atom stereocenters. The van der Waals surface area contributed by atoms with E-state index in [2.05, 4.69) is 23.9 Å². The van der Waals surface area contributed by atoms with Gasteiger partial charge in [0.15, 0.2) is 11.5 Å². The summed E-state index contributed by atoms with van der Waals surface area (Å²) in [7, 11) is -0.918. The van der Waals surface area contributed by atoms with Crippen LogP contribution in [-0.2, 0) is 16.4 Å². The van der Waals surface area contributed by atoms with Crippen LogP contribution >= 0.6 is 0 Å². The van der Waals surface area contributed by atoms with Gasteiger partial charge in [0.05, 0.1) is 24.7 Å². The molecule has 0 aliphatic carbocycles. The predicted molar refractivity (Wildman–Crippen MR) is 133 cm³/mol. The Morgan fingerprint density at radius 2 is 1.63 bits per heavy atom. The summed E-state index contributed by atoms with van der Waals surface area (Å²) < 4.78 is 52.9. The van der Waals surface area contributed by atoms with Crippen molar-refractivity contribution in [2.24, 2.45) is 0 Å². The van der Waals surface area contributed by atoms with Crippen LogP contribution in [0.3, 0.4) is 0 Å². The molecule has 0 saturated heterocycles. The monoisotopic (exact) mass is 500 g/mol. The molecular weight excluding hydrogens is 471 g/mol. The van der Waals surface area contributed by atoms with Gasteiger partial charge >= 0.3 is 0 Å². The van der Waals surface area contributed by atoms with E-state index in [4.69, 9.17) is 9.47 Å². The fourth-order valence-corrected chi connectivity index (χ4v) is 4.50. The lowest BCUT2D eigenvalue weighted by atomic mass is 10.0. The number of benzene rings is 3. The summed E-state index contributed by atoms with van der Waals surface area (Å²) in [6, 6.07) is 15.6. The van der Waals surface area contributed by atoms with Crippen LogP contribution in [0.2, 0.25) is 0 Å². The highest BCUT2D eigenvalue weighted by atomic mass is 32.2. The lowest BCUT2D eigenvalue weighted by Gasteiger charge is -2.12. The zero-order valence-corrected chi connectivity index (χ0v) is 20.9. The molecule has 0 saturated carbocycles. The van der Waals surface area contributed by atoms with E-state index >= 15 is 0 Å². The van der Waals surface area contributed by atoms with E-state index in [1.807, 2.05) is 18.2 Å². The zero-order chi connectivity index (χ0) is 25.6. The molecule has 2 N–H and O–H groups in total. The second kappa shape index (κ2) is 11.3. The standard InChI is InChI=1S/C26H29FN2O5S/c1-17(2)19-6-8-20(9-7-19)29-26(30)22-16-21(10-11-23(22)27)35(31,32)28-14-13-18-5-12-24(33-3)25(15-18)34-4/h5-12,15-17,28H,13-14H2,1-4H3,(H,29,30). The second-order valence-corrected chi connectivity index (χ2v) is 9.98. The van der Waals surface area contributed by atoms with E-state index in [0.29, 0.717) is 29.5 Å². The summed E-state index contributed by atoms with van der Waals surface area (Å²) in [5.74, 6) is -0.100. The Morgan fingerprint density at radius 1 is 0.943 bits per heavy atom. The van der Waals surface area contributed by atoms with Gasteiger partial charge in [-0.2, -0.15) is 0 Å². The van der Waals surface area contributed by atoms with Gasteiger partial charge in [-0.25, -0.2) is 17.5 Å². The van der Waals surface area contributed by atoms with Crippen LogP contribution < -0.4 is 19.5 Å². The van der Waals surface area contributed by atoms with Gasteiger partial charge in [0, 0.05) is 12.2 Å². The van der Waals surface area contributed by atoms with Crippen LogP contribution in [0.25, 0.3) is 0 Å². The van der Waals surface area contributed by atoms with Crippen molar-refractivity contribution in [3.05, 3.63) is 83.2 Å². The first-order valence-electron chi connectivity index (χ1n) is 11.1. The maximum absolute atomic E-state index is 14.4. The number of rotatable bonds is 10. The van der Waals surface area contributed by atoms with Crippen molar-refractivity contribution in [1.29, 1.82) is 0 Å². The number of carbonyl (C=O) groups is 1. The van der Waals surface area contributed by atoms with E-state index < -0.39 is 21.7 Å². The van der Waals surface area contributed by atoms with Gasteiger partial charge in [0.25, 0.3) is 5.91 Å². The minimum Gasteiger partial charge on any atom is -0.493 e. The summed E-state index contributed by atoms with van der Waals surface area (Å²) in [5.41, 5.74) is 2.07. The summed E-state index contributed by atoms with van der Waals surface area (Å²) >= 11 is 0. The number of sulfonamides is 1. The zero-order valence-electron chi connectivity index (χ0n) is 20.1. The molecule has 0 spiro atoms. The van der Waals surface area contributed by atoms with Crippen LogP contribution in [0.1, 0.15) is 41.3 Å². The molecule has 35 heavy (non-hydrogen) atoms. The fourth-order valence-electron chi connectivity index (χ4n) is 3.44. The molecular formula is C26H29FN2O5S. The third kappa shape index (κ3) is 6.58. The van der Waals surface area contributed by atoms with Crippen molar-refractivity contribution in [3.63, 3.8) is 0 Å². The van der Waals surface area contributed by atoms with Crippen molar-refractivity contribution in [3.8, 4) is 11.5 Å². The Labute approximate surface area is 205 Å². The van der Waals surface area contributed by atoms with Gasteiger partial charge in [-0.05, 0) is 65.9 Å². The molecule has 0 bridgehead atoms. The molecule has 0 fully saturated rings. The largest absolute Gasteiger partial charge is 0.493 e. The smallest absolute Gasteiger partial charge is 0.258 e. The first-order valence-corrected chi connectivity index (χ1v) is 12.5. The van der Waals surface area contributed by atoms with E-state index in [0.717, 1.165) is 29.3 Å². The van der Waals surface area contributed by atoms with Crippen molar-refractivity contribution < 1.29 is 27.1 Å². The molecule has 3 rings (SSSR count). The van der Waals surface area contributed by atoms with Crippen LogP contribution in [0.15, 0.2) is 65.6 Å². The lowest BCUT2D eigenvalue weighted by molar-refractivity contribution is 0.102. The quantitative estimate of drug-likeness (QED) is 0.419. The average Bonchev–Trinajstić information content (AvgIpc) is 2.84. The first kappa shape index (κ1) is 26.2. The van der Waals surface area contributed by atoms with Gasteiger partial charge in [0.1, 0.15) is 5.82 Å². The topological polar surface area (TPSA) is 93.7 Å². The number of hydrogen-bond donors (Lipinski definition) is 2. The maximum Gasteiger partial charge on any atom is 0.258 e. The minimum absolute atomic E-state index is 0.0962. The molecule has 0 unspecified atom stereocenters. The SMILES string of the molecule is COc1ccc(CCNS(=O)(=O)c2ccc(F)c(C(=O)Nc3ccc(C(C)C)cc3)c2)cc1OC. The van der Waals surface area contributed by atoms with Crippen molar-refractivity contribution >= 4 is 21.6 Å². The van der Waals surface area contributed by atoms with Gasteiger partial charge in [-0.1, -0.05) is 32.0 Å². The van der Waals surface area contributed by atoms with Crippen molar-refractivity contribution in [2.75, 3.05) is 26.1 Å². The molecule has 0 aliphatic heterocycles. The van der Waals surface area contributed by atoms with E-state index in [1.165, 1.54) is 14.2 Å². The van der Waals surface area contributed by atoms with Crippen LogP contribution in [-0.4, -0.2) is 35.1 Å². The molecule has 0 radical (unpaired) electrons. The van der Waals surface area contributed by atoms with Crippen molar-refractivity contribution in [2.45, 2.75) is 31.1 Å². The third-order valence-corrected chi connectivity index (χ3v) is 6.94. The van der Waals surface area contributed by atoms with Crippen molar-refractivity contribution in [1.82, 2.24) is 4.72 Å². The molecule has 0 aromatic heterocycles. The second-order valence-electron chi connectivity index (χ2n) is 8.21. The van der Waals surface area contributed by atoms with E-state index in [-0.39, 0.29) is 17.0 Å². The number of hydrogen-bond acceptors (Lipinski definition) is 5. The lowest BCUT2D eigenvalue weighted by Crippen LogP contribution is -2.26. The average molecular weight is 501 g/mol. The normalized spacial score (nSPS) is 11.4. The Bertz CT molecular complexity index is 1290. The minimum atomic E-state index is -3.97. The number of ether oxygens (including phenoxy) is 2. The highest BCUT2D eigenvalue weighted by Gasteiger charge is 2.20. The van der Waals surface area contributed by atoms with Crippen LogP contribution in [0.4, 0.5) is 10.1 Å². The summed E-state index contributed by atoms with van der Waals surface area (Å²) in [6.07, 6.45) is 0.389. The number of amides is 1. The van der Waals surface area contributed by atoms with Gasteiger partial charge in [-0.3, -0.25) is 4.79 Å². The molecule has 0 aliphatic rings. The van der Waals surface area contributed by atoms with Crippen LogP contribution in [0, 0.1) is 5.82 Å². The molecule has 1 amide bonds. The van der Waals surface area contributed by atoms with E-state index in [1.54, 1.807) is 24.3 Å². The van der Waals surface area contributed by atoms with Gasteiger partial charge in [0.2, 0.25) is 10.0 Å². The summed E-state index contributed by atoms with van der Waals surface area (Å²) in [4.78, 5) is 12.5. The summed E-state index contributed by atoms with van der Waals surface area (Å²) in [6.45, 7) is 4.20. The number of carbonyl (C=O) groups excluding carboxylic acids is 1. The highest BCUT2D eigenvalue weighted by molar-refractivity contribution is 7.89. The Morgan fingerprint density at radius 3 is 2.26 bits per heavy atom. The first-order chi connectivity index (χ1) is 16.6. The third-order valence-electron chi connectivity index (χ3n) is 5.48. The molecule has 9 heteroatoms. The Balaban J connectivity index is 1.69. The number of nitrogens with one attached hydrogen (secondary N) is 2. The molecule has 0 heterocycles. The Hall–Kier alpha value is -3.43. The summed E-state index contributed by atoms with van der Waals surface area (Å²) in [5, 5.41) is 2.61. The maximum atomic E-state index is 14.4. The fraction of sp³-hybridized carbons (Fsp3) is 0.269. The highest BCUT2D eigenvalue weighted by Crippen LogP contribution is 2.27. The molecule has 3 aromatic carbocycles. The molecule has 3 aromatic rings. The molecule has 186 valence electrons. The molecule has 7 nitrogen and oxygen atoms in total. The van der Waals surface area contributed by atoms with Gasteiger partial charge < -0.3 is 14.8 Å². The van der Waals surface area contributed by atoms with E-state index in [9.17, 15) is 17.6 Å². The number of halogens is 1. The van der Waals surface area contributed by atoms with Crippen LogP contribution in [0.5, 0.6) is 11.5 Å². The number of methoxy groups -OCH3 is 2. The predicted octanol–water partition coefficient (Wildman–Crippen LogP) is 4.74.